The molecule has 2 aromatic heterocycles. The molecule has 4 N–H and O–H groups in total. The summed E-state index contributed by atoms with van der Waals surface area (Å²) in [7, 11) is -3.80. The Morgan fingerprint density at radius 2 is 2.28 bits per heavy atom. The average Bonchev–Trinajstić information content (AvgIpc) is 2.81. The molecule has 0 unspecified atom stereocenters. The highest BCUT2D eigenvalue weighted by atomic mass is 32.2. The Balaban J connectivity index is 2.45. The summed E-state index contributed by atoms with van der Waals surface area (Å²) in [5.41, 5.74) is 5.81. The van der Waals surface area contributed by atoms with Gasteiger partial charge in [0.25, 0.3) is 10.0 Å². The Morgan fingerprint density at radius 1 is 1.50 bits per heavy atom. The van der Waals surface area contributed by atoms with Gasteiger partial charge in [-0.3, -0.25) is 14.8 Å². The van der Waals surface area contributed by atoms with E-state index in [1.165, 1.54) is 30.7 Å². The maximum Gasteiger partial charge on any atom is 0.264 e. The summed E-state index contributed by atoms with van der Waals surface area (Å²) in [6, 6.07) is 2.87. The number of aromatic nitrogens is 3. The summed E-state index contributed by atoms with van der Waals surface area (Å²) < 4.78 is 26.6. The number of hydrogen-bond acceptors (Lipinski definition) is 5. The van der Waals surface area contributed by atoms with Crippen LogP contribution in [0.4, 0.5) is 5.69 Å². The van der Waals surface area contributed by atoms with Crippen molar-refractivity contribution in [1.82, 2.24) is 15.2 Å². The van der Waals surface area contributed by atoms with Crippen molar-refractivity contribution in [2.45, 2.75) is 4.90 Å². The molecule has 0 aliphatic heterocycles. The Hall–Kier alpha value is -2.00. The van der Waals surface area contributed by atoms with Crippen molar-refractivity contribution in [2.75, 3.05) is 4.72 Å². The van der Waals surface area contributed by atoms with Gasteiger partial charge >= 0.3 is 0 Å². The second kappa shape index (κ2) is 4.70. The minimum absolute atomic E-state index is 0.0588. The van der Waals surface area contributed by atoms with Gasteiger partial charge in [0.05, 0.1) is 11.9 Å². The molecule has 0 atom stereocenters. The third kappa shape index (κ3) is 2.46. The van der Waals surface area contributed by atoms with Gasteiger partial charge in [0.15, 0.2) is 0 Å². The molecule has 0 saturated heterocycles. The van der Waals surface area contributed by atoms with Gasteiger partial charge in [-0.05, 0) is 12.1 Å². The van der Waals surface area contributed by atoms with Crippen LogP contribution in [-0.2, 0) is 10.0 Å². The molecular formula is C9H9N5O2S2. The van der Waals surface area contributed by atoms with Crippen LogP contribution in [0.2, 0.25) is 0 Å². The summed E-state index contributed by atoms with van der Waals surface area (Å²) in [5, 5.41) is 6.14. The fourth-order valence-corrected chi connectivity index (χ4v) is 2.74. The molecule has 0 aliphatic rings. The van der Waals surface area contributed by atoms with Crippen LogP contribution in [0.3, 0.4) is 0 Å². The molecule has 0 spiro atoms. The van der Waals surface area contributed by atoms with Gasteiger partial charge in [-0.15, -0.1) is 0 Å². The molecule has 2 heterocycles. The summed E-state index contributed by atoms with van der Waals surface area (Å²) in [4.78, 5) is 3.71. The van der Waals surface area contributed by atoms with Crippen LogP contribution in [0.15, 0.2) is 35.6 Å². The van der Waals surface area contributed by atoms with Crippen molar-refractivity contribution in [3.05, 3.63) is 36.4 Å². The number of rotatable bonds is 4. The topological polar surface area (TPSA) is 114 Å². The summed E-state index contributed by atoms with van der Waals surface area (Å²) in [5.74, 6) is 0. The van der Waals surface area contributed by atoms with Crippen LogP contribution in [-0.4, -0.2) is 28.6 Å². The van der Waals surface area contributed by atoms with Gasteiger partial charge < -0.3 is 5.73 Å². The number of nitrogens with zero attached hydrogens (tertiary/aromatic N) is 2. The summed E-state index contributed by atoms with van der Waals surface area (Å²) in [6.07, 6.45) is 4.17. The number of thiocarbonyl (C=S) groups is 1. The maximum absolute atomic E-state index is 12.1. The van der Waals surface area contributed by atoms with Crippen molar-refractivity contribution in [1.29, 1.82) is 0 Å². The molecule has 0 saturated carbocycles. The SMILES string of the molecule is NC(=S)c1ncccc1S(=O)(=O)Nc1cn[nH]c1. The average molecular weight is 283 g/mol. The lowest BCUT2D eigenvalue weighted by Gasteiger charge is -2.08. The Morgan fingerprint density at radius 3 is 2.89 bits per heavy atom. The quantitative estimate of drug-likeness (QED) is 0.693. The van der Waals surface area contributed by atoms with E-state index in [2.05, 4.69) is 19.9 Å². The Bertz CT molecular complexity index is 666. The third-order valence-electron chi connectivity index (χ3n) is 2.04. The minimum atomic E-state index is -3.80. The number of nitrogens with two attached hydrogens (primary N) is 1. The van der Waals surface area contributed by atoms with E-state index in [0.29, 0.717) is 5.69 Å². The van der Waals surface area contributed by atoms with E-state index in [1.54, 1.807) is 0 Å². The van der Waals surface area contributed by atoms with E-state index in [4.69, 9.17) is 18.0 Å². The Labute approximate surface area is 108 Å². The second-order valence-corrected chi connectivity index (χ2v) is 5.40. The standard InChI is InChI=1S/C9H9N5O2S2/c10-9(17)8-7(2-1-3-11-8)18(15,16)14-6-4-12-13-5-6/h1-5,14H,(H2,10,17)(H,12,13). The number of hydrogen-bond donors (Lipinski definition) is 3. The fourth-order valence-electron chi connectivity index (χ4n) is 1.31. The van der Waals surface area contributed by atoms with E-state index in [0.717, 1.165) is 0 Å². The van der Waals surface area contributed by atoms with E-state index < -0.39 is 10.0 Å². The second-order valence-electron chi connectivity index (χ2n) is 3.31. The molecule has 18 heavy (non-hydrogen) atoms. The largest absolute Gasteiger partial charge is 0.388 e. The molecule has 0 amide bonds. The van der Waals surface area contributed by atoms with E-state index in [-0.39, 0.29) is 15.6 Å². The fraction of sp³-hybridized carbons (Fsp3) is 0. The number of pyridine rings is 1. The lowest BCUT2D eigenvalue weighted by Crippen LogP contribution is -2.20. The molecule has 2 rings (SSSR count). The zero-order valence-corrected chi connectivity index (χ0v) is 10.6. The van der Waals surface area contributed by atoms with Crippen molar-refractivity contribution < 1.29 is 8.42 Å². The molecule has 0 aromatic carbocycles. The van der Waals surface area contributed by atoms with Crippen LogP contribution >= 0.6 is 12.2 Å². The smallest absolute Gasteiger partial charge is 0.264 e. The van der Waals surface area contributed by atoms with Crippen LogP contribution < -0.4 is 10.5 Å². The zero-order chi connectivity index (χ0) is 13.2. The molecule has 9 heteroatoms. The highest BCUT2D eigenvalue weighted by Crippen LogP contribution is 2.17. The first-order chi connectivity index (χ1) is 8.50. The summed E-state index contributed by atoms with van der Waals surface area (Å²) >= 11 is 4.77. The van der Waals surface area contributed by atoms with Gasteiger partial charge in [0.2, 0.25) is 0 Å². The first-order valence-electron chi connectivity index (χ1n) is 4.77. The molecule has 2 aromatic rings. The van der Waals surface area contributed by atoms with Crippen LogP contribution in [0, 0.1) is 0 Å². The van der Waals surface area contributed by atoms with Gasteiger partial charge in [-0.25, -0.2) is 8.42 Å². The molecule has 0 fully saturated rings. The van der Waals surface area contributed by atoms with Crippen molar-refractivity contribution in [3.8, 4) is 0 Å². The van der Waals surface area contributed by atoms with Crippen LogP contribution in [0.5, 0.6) is 0 Å². The number of nitrogens with one attached hydrogen (secondary N) is 2. The number of aromatic amines is 1. The molecule has 7 nitrogen and oxygen atoms in total. The van der Waals surface area contributed by atoms with Gasteiger partial charge in [0.1, 0.15) is 15.6 Å². The van der Waals surface area contributed by atoms with Crippen molar-refractivity contribution in [3.63, 3.8) is 0 Å². The first-order valence-corrected chi connectivity index (χ1v) is 6.66. The minimum Gasteiger partial charge on any atom is -0.388 e. The van der Waals surface area contributed by atoms with Crippen molar-refractivity contribution >= 4 is 32.9 Å². The highest BCUT2D eigenvalue weighted by molar-refractivity contribution is 7.93. The molecule has 0 radical (unpaired) electrons. The number of sulfonamides is 1. The van der Waals surface area contributed by atoms with Gasteiger partial charge in [-0.2, -0.15) is 5.10 Å². The van der Waals surface area contributed by atoms with E-state index in [1.807, 2.05) is 0 Å². The summed E-state index contributed by atoms with van der Waals surface area (Å²) in [6.45, 7) is 0. The highest BCUT2D eigenvalue weighted by Gasteiger charge is 2.20. The predicted octanol–water partition coefficient (Wildman–Crippen LogP) is 0.240. The zero-order valence-electron chi connectivity index (χ0n) is 8.99. The Kier molecular flexibility index (Phi) is 3.26. The molecule has 0 aliphatic carbocycles. The molecule has 0 bridgehead atoms. The predicted molar refractivity (Wildman–Crippen MR) is 69.5 cm³/mol. The van der Waals surface area contributed by atoms with Gasteiger partial charge in [0, 0.05) is 12.4 Å². The van der Waals surface area contributed by atoms with Crippen molar-refractivity contribution in [2.24, 2.45) is 5.73 Å². The van der Waals surface area contributed by atoms with E-state index in [9.17, 15) is 8.42 Å². The van der Waals surface area contributed by atoms with Crippen LogP contribution in [0.1, 0.15) is 5.69 Å². The number of H-pyrrole nitrogens is 1. The molecule has 94 valence electrons. The normalized spacial score (nSPS) is 11.1. The lowest BCUT2D eigenvalue weighted by molar-refractivity contribution is 0.600. The molecular weight excluding hydrogens is 274 g/mol. The van der Waals surface area contributed by atoms with Crippen LogP contribution in [0.25, 0.3) is 0 Å². The maximum atomic E-state index is 12.1. The monoisotopic (exact) mass is 283 g/mol. The van der Waals surface area contributed by atoms with E-state index >= 15 is 0 Å². The van der Waals surface area contributed by atoms with Gasteiger partial charge in [-0.1, -0.05) is 12.2 Å². The number of anilines is 1. The third-order valence-corrected chi connectivity index (χ3v) is 3.65. The lowest BCUT2D eigenvalue weighted by atomic mass is 10.3. The first kappa shape index (κ1) is 12.5.